The van der Waals surface area contributed by atoms with Gasteiger partial charge in [0.1, 0.15) is 11.6 Å². The van der Waals surface area contributed by atoms with Crippen LogP contribution in [0.1, 0.15) is 49.1 Å². The lowest BCUT2D eigenvalue weighted by Crippen LogP contribution is -2.33. The second-order valence-electron chi connectivity index (χ2n) is 10.2. The standard InChI is InChI=1S/C26H32N4O4.C2H7N/c1-17-23(33-16-19-5-6-19)10-8-21-22(29-34-25(17)21)9-7-18-11-13-30(14-12-18)15-20-3-2-4-24(27-20)28-26(31)32;1-3-2/h2-4,8,10,18-19H,5-7,9,11-16H2,1H3,(H,27,28)(H,31,32);3H,1-2H3. The van der Waals surface area contributed by atoms with E-state index in [-0.39, 0.29) is 0 Å². The molecule has 0 radical (unpaired) electrons. The van der Waals surface area contributed by atoms with Crippen molar-refractivity contribution < 1.29 is 19.2 Å². The number of aryl methyl sites for hydroxylation is 2. The molecule has 3 aromatic rings. The Kier molecular flexibility index (Phi) is 9.35. The van der Waals surface area contributed by atoms with Gasteiger partial charge in [-0.3, -0.25) is 10.2 Å². The highest BCUT2D eigenvalue weighted by Crippen LogP contribution is 2.34. The Morgan fingerprint density at radius 3 is 2.59 bits per heavy atom. The lowest BCUT2D eigenvalue weighted by atomic mass is 9.91. The Morgan fingerprint density at radius 2 is 1.89 bits per heavy atom. The second-order valence-corrected chi connectivity index (χ2v) is 10.2. The van der Waals surface area contributed by atoms with Crippen LogP contribution in [0.15, 0.2) is 34.9 Å². The van der Waals surface area contributed by atoms with Gasteiger partial charge in [-0.25, -0.2) is 9.78 Å². The number of benzene rings is 1. The Balaban J connectivity index is 0.00000102. The van der Waals surface area contributed by atoms with Crippen molar-refractivity contribution in [2.75, 3.05) is 39.1 Å². The van der Waals surface area contributed by atoms with E-state index in [0.29, 0.717) is 11.7 Å². The van der Waals surface area contributed by atoms with E-state index in [0.717, 1.165) is 91.5 Å². The SMILES string of the molecule is CNC.Cc1c(OCC2CC2)ccc2c(CCC3CCN(Cc4cccc(NC(=O)O)n4)CC3)noc12. The Morgan fingerprint density at radius 1 is 1.14 bits per heavy atom. The van der Waals surface area contributed by atoms with Gasteiger partial charge in [-0.05, 0) is 109 Å². The minimum atomic E-state index is -1.09. The summed E-state index contributed by atoms with van der Waals surface area (Å²) in [6.45, 7) is 5.62. The van der Waals surface area contributed by atoms with Crippen molar-refractivity contribution in [2.24, 2.45) is 11.8 Å². The molecule has 0 spiro atoms. The molecule has 1 aliphatic carbocycles. The number of nitrogens with one attached hydrogen (secondary N) is 2. The first-order valence-electron chi connectivity index (χ1n) is 13.2. The van der Waals surface area contributed by atoms with E-state index in [2.05, 4.69) is 44.7 Å². The fourth-order valence-corrected chi connectivity index (χ4v) is 4.75. The number of carbonyl (C=O) groups is 1. The predicted molar refractivity (Wildman–Crippen MR) is 144 cm³/mol. The molecule has 5 rings (SSSR count). The zero-order valence-electron chi connectivity index (χ0n) is 22.1. The van der Waals surface area contributed by atoms with Crippen molar-refractivity contribution in [3.05, 3.63) is 47.3 Å². The number of piperidine rings is 1. The maximum absolute atomic E-state index is 10.8. The highest BCUT2D eigenvalue weighted by Gasteiger charge is 2.24. The highest BCUT2D eigenvalue weighted by atomic mass is 16.5. The summed E-state index contributed by atoms with van der Waals surface area (Å²) in [6.07, 6.45) is 5.77. The van der Waals surface area contributed by atoms with E-state index >= 15 is 0 Å². The first-order valence-corrected chi connectivity index (χ1v) is 13.2. The lowest BCUT2D eigenvalue weighted by Gasteiger charge is -2.31. The summed E-state index contributed by atoms with van der Waals surface area (Å²) in [7, 11) is 3.75. The molecule has 3 N–H and O–H groups in total. The van der Waals surface area contributed by atoms with E-state index in [4.69, 9.17) is 14.4 Å². The molecular formula is C28H39N5O4. The molecule has 2 aliphatic rings. The normalized spacial score (nSPS) is 16.3. The topological polar surface area (TPSA) is 113 Å². The van der Waals surface area contributed by atoms with Crippen LogP contribution in [-0.2, 0) is 13.0 Å². The molecular weight excluding hydrogens is 470 g/mol. The van der Waals surface area contributed by atoms with Crippen molar-refractivity contribution in [3.8, 4) is 5.75 Å². The number of amides is 1. The molecule has 9 nitrogen and oxygen atoms in total. The Bertz CT molecular complexity index is 1170. The van der Waals surface area contributed by atoms with Gasteiger partial charge in [-0.1, -0.05) is 11.2 Å². The van der Waals surface area contributed by atoms with Crippen LogP contribution in [0, 0.1) is 18.8 Å². The van der Waals surface area contributed by atoms with E-state index in [1.54, 1.807) is 6.07 Å². The fourth-order valence-electron chi connectivity index (χ4n) is 4.75. The number of anilines is 1. The second kappa shape index (κ2) is 12.9. The Labute approximate surface area is 218 Å². The number of rotatable bonds is 9. The van der Waals surface area contributed by atoms with Crippen LogP contribution < -0.4 is 15.4 Å². The van der Waals surface area contributed by atoms with Crippen LogP contribution >= 0.6 is 0 Å². The largest absolute Gasteiger partial charge is 0.493 e. The third kappa shape index (κ3) is 7.66. The van der Waals surface area contributed by atoms with Crippen LogP contribution in [0.3, 0.4) is 0 Å². The summed E-state index contributed by atoms with van der Waals surface area (Å²) in [5.41, 5.74) is 3.82. The molecule has 200 valence electrons. The van der Waals surface area contributed by atoms with Gasteiger partial charge in [0, 0.05) is 17.5 Å². The molecule has 1 aliphatic heterocycles. The van der Waals surface area contributed by atoms with Crippen LogP contribution in [0.2, 0.25) is 0 Å². The third-order valence-corrected chi connectivity index (χ3v) is 7.01. The molecule has 0 atom stereocenters. The van der Waals surface area contributed by atoms with E-state index < -0.39 is 6.09 Å². The maximum atomic E-state index is 10.8. The van der Waals surface area contributed by atoms with Crippen LogP contribution in [0.25, 0.3) is 11.0 Å². The summed E-state index contributed by atoms with van der Waals surface area (Å²) in [6, 6.07) is 9.61. The van der Waals surface area contributed by atoms with Gasteiger partial charge in [0.05, 0.1) is 18.0 Å². The number of hydrogen-bond acceptors (Lipinski definition) is 7. The molecule has 1 saturated heterocycles. The van der Waals surface area contributed by atoms with E-state index in [1.165, 1.54) is 12.8 Å². The minimum absolute atomic E-state index is 0.372. The number of likely N-dealkylation sites (tertiary alicyclic amines) is 1. The number of pyridine rings is 1. The van der Waals surface area contributed by atoms with Crippen molar-refractivity contribution >= 4 is 22.9 Å². The zero-order chi connectivity index (χ0) is 26.2. The molecule has 2 fully saturated rings. The number of carboxylic acid groups (broad SMARTS) is 1. The van der Waals surface area contributed by atoms with Gasteiger partial charge >= 0.3 is 6.09 Å². The molecule has 1 aromatic carbocycles. The van der Waals surface area contributed by atoms with Crippen molar-refractivity contribution in [2.45, 2.75) is 52.0 Å². The average molecular weight is 510 g/mol. The monoisotopic (exact) mass is 509 g/mol. The molecule has 9 heteroatoms. The summed E-state index contributed by atoms with van der Waals surface area (Å²) in [5.74, 6) is 2.67. The van der Waals surface area contributed by atoms with Crippen molar-refractivity contribution in [1.82, 2.24) is 20.4 Å². The number of fused-ring (bicyclic) bond motifs is 1. The van der Waals surface area contributed by atoms with Gasteiger partial charge in [-0.2, -0.15) is 0 Å². The highest BCUT2D eigenvalue weighted by molar-refractivity contribution is 5.84. The van der Waals surface area contributed by atoms with Crippen LogP contribution in [-0.4, -0.2) is 60.0 Å². The molecule has 37 heavy (non-hydrogen) atoms. The fraction of sp³-hybridized carbons (Fsp3) is 0.536. The predicted octanol–water partition coefficient (Wildman–Crippen LogP) is 5.09. The molecule has 1 amide bonds. The van der Waals surface area contributed by atoms with Gasteiger partial charge in [0.15, 0.2) is 5.58 Å². The maximum Gasteiger partial charge on any atom is 0.410 e. The van der Waals surface area contributed by atoms with Gasteiger partial charge < -0.3 is 19.7 Å². The lowest BCUT2D eigenvalue weighted by molar-refractivity contribution is 0.170. The summed E-state index contributed by atoms with van der Waals surface area (Å²) in [4.78, 5) is 17.6. The van der Waals surface area contributed by atoms with E-state index in [1.807, 2.05) is 26.2 Å². The van der Waals surface area contributed by atoms with Crippen LogP contribution in [0.5, 0.6) is 5.75 Å². The molecule has 0 bridgehead atoms. The first kappa shape index (κ1) is 26.9. The summed E-state index contributed by atoms with van der Waals surface area (Å²) in [5, 5.41) is 19.4. The van der Waals surface area contributed by atoms with Gasteiger partial charge in [0.2, 0.25) is 0 Å². The number of nitrogens with zero attached hydrogens (tertiary/aromatic N) is 3. The Hall–Kier alpha value is -3.17. The third-order valence-electron chi connectivity index (χ3n) is 7.01. The summed E-state index contributed by atoms with van der Waals surface area (Å²) >= 11 is 0. The van der Waals surface area contributed by atoms with Gasteiger partial charge in [-0.15, -0.1) is 0 Å². The molecule has 0 unspecified atom stereocenters. The smallest absolute Gasteiger partial charge is 0.410 e. The van der Waals surface area contributed by atoms with Gasteiger partial charge in [0.25, 0.3) is 0 Å². The molecule has 3 heterocycles. The molecule has 2 aromatic heterocycles. The zero-order valence-corrected chi connectivity index (χ0v) is 22.1. The number of ether oxygens (including phenoxy) is 1. The number of aromatic nitrogens is 2. The molecule has 1 saturated carbocycles. The average Bonchev–Trinajstić information content (AvgIpc) is 3.61. The van der Waals surface area contributed by atoms with Crippen molar-refractivity contribution in [3.63, 3.8) is 0 Å². The minimum Gasteiger partial charge on any atom is -0.493 e. The van der Waals surface area contributed by atoms with Crippen molar-refractivity contribution in [1.29, 1.82) is 0 Å². The quantitative estimate of drug-likeness (QED) is 0.366. The first-order chi connectivity index (χ1) is 18.0. The number of hydrogen-bond donors (Lipinski definition) is 3. The van der Waals surface area contributed by atoms with E-state index in [9.17, 15) is 4.79 Å². The summed E-state index contributed by atoms with van der Waals surface area (Å²) < 4.78 is 11.7. The van der Waals surface area contributed by atoms with Crippen LogP contribution in [0.4, 0.5) is 10.6 Å².